The van der Waals surface area contributed by atoms with E-state index in [9.17, 15) is 4.79 Å². The number of hydrogen-bond acceptors (Lipinski definition) is 4. The number of nitrogens with zero attached hydrogens (tertiary/aromatic N) is 1. The Labute approximate surface area is 119 Å². The Morgan fingerprint density at radius 1 is 1.55 bits per heavy atom. The number of aromatic carboxylic acids is 1. The average molecular weight is 277 g/mol. The van der Waals surface area contributed by atoms with Crippen LogP contribution >= 0.6 is 0 Å². The third-order valence-corrected chi connectivity index (χ3v) is 3.93. The largest absolute Gasteiger partial charge is 0.478 e. The summed E-state index contributed by atoms with van der Waals surface area (Å²) >= 11 is 0. The van der Waals surface area contributed by atoms with Gasteiger partial charge in [0.25, 0.3) is 0 Å². The van der Waals surface area contributed by atoms with E-state index in [2.05, 4.69) is 17.3 Å². The first-order chi connectivity index (χ1) is 9.47. The van der Waals surface area contributed by atoms with Gasteiger partial charge in [-0.15, -0.1) is 0 Å². The number of carbonyl (C=O) groups is 1. The van der Waals surface area contributed by atoms with Crippen molar-refractivity contribution in [1.82, 2.24) is 4.90 Å². The molecule has 0 spiro atoms. The molecule has 1 atom stereocenters. The van der Waals surface area contributed by atoms with Crippen LogP contribution in [-0.4, -0.2) is 42.7 Å². The number of nitrogens with one attached hydrogen (secondary N) is 1. The summed E-state index contributed by atoms with van der Waals surface area (Å²) in [4.78, 5) is 13.5. The zero-order valence-electron chi connectivity index (χ0n) is 12.1. The molecule has 0 aromatic heterocycles. The molecule has 0 radical (unpaired) electrons. The molecule has 1 aromatic carbocycles. The quantitative estimate of drug-likeness (QED) is 0.734. The van der Waals surface area contributed by atoms with Gasteiger partial charge in [0.2, 0.25) is 0 Å². The fourth-order valence-corrected chi connectivity index (χ4v) is 2.78. The van der Waals surface area contributed by atoms with Crippen LogP contribution in [0, 0.1) is 12.8 Å². The molecule has 1 heterocycles. The summed E-state index contributed by atoms with van der Waals surface area (Å²) in [7, 11) is 2.14. The fraction of sp³-hybridized carbons (Fsp3) is 0.533. The monoisotopic (exact) mass is 277 g/mol. The summed E-state index contributed by atoms with van der Waals surface area (Å²) in [6, 6.07) is 3.53. The van der Waals surface area contributed by atoms with Gasteiger partial charge in [-0.3, -0.25) is 0 Å². The molecule has 4 N–H and O–H groups in total. The highest BCUT2D eigenvalue weighted by Gasteiger charge is 2.17. The van der Waals surface area contributed by atoms with Crippen molar-refractivity contribution in [2.24, 2.45) is 5.92 Å². The van der Waals surface area contributed by atoms with E-state index in [0.29, 0.717) is 11.6 Å². The second-order valence-electron chi connectivity index (χ2n) is 5.71. The van der Waals surface area contributed by atoms with E-state index < -0.39 is 5.97 Å². The van der Waals surface area contributed by atoms with Gasteiger partial charge in [0.05, 0.1) is 5.56 Å². The molecule has 1 aliphatic rings. The lowest BCUT2D eigenvalue weighted by Crippen LogP contribution is -2.35. The van der Waals surface area contributed by atoms with Gasteiger partial charge >= 0.3 is 5.97 Å². The molecular formula is C15H23N3O2. The minimum atomic E-state index is -0.980. The first-order valence-electron chi connectivity index (χ1n) is 7.03. The van der Waals surface area contributed by atoms with E-state index >= 15 is 0 Å². The van der Waals surface area contributed by atoms with E-state index in [1.165, 1.54) is 19.4 Å². The predicted molar refractivity (Wildman–Crippen MR) is 81.3 cm³/mol. The molecule has 110 valence electrons. The number of benzene rings is 1. The fourth-order valence-electron chi connectivity index (χ4n) is 2.78. The molecular weight excluding hydrogens is 254 g/mol. The number of likely N-dealkylation sites (tertiary alicyclic amines) is 1. The lowest BCUT2D eigenvalue weighted by molar-refractivity contribution is 0.0698. The normalized spacial score (nSPS) is 19.8. The first kappa shape index (κ1) is 14.7. The van der Waals surface area contributed by atoms with Crippen molar-refractivity contribution in [3.8, 4) is 0 Å². The van der Waals surface area contributed by atoms with Crippen LogP contribution in [0.3, 0.4) is 0 Å². The van der Waals surface area contributed by atoms with Crippen molar-refractivity contribution in [3.63, 3.8) is 0 Å². The maximum atomic E-state index is 11.2. The molecule has 0 amide bonds. The van der Waals surface area contributed by atoms with Crippen LogP contribution < -0.4 is 11.1 Å². The van der Waals surface area contributed by atoms with E-state index in [4.69, 9.17) is 10.8 Å². The topological polar surface area (TPSA) is 78.6 Å². The first-order valence-corrected chi connectivity index (χ1v) is 7.03. The smallest absolute Gasteiger partial charge is 0.337 e. The van der Waals surface area contributed by atoms with Crippen LogP contribution in [0.2, 0.25) is 0 Å². The van der Waals surface area contributed by atoms with Crippen molar-refractivity contribution in [1.29, 1.82) is 0 Å². The van der Waals surface area contributed by atoms with Gasteiger partial charge in [-0.25, -0.2) is 4.79 Å². The third kappa shape index (κ3) is 3.42. The van der Waals surface area contributed by atoms with Crippen LogP contribution in [0.15, 0.2) is 12.1 Å². The second kappa shape index (κ2) is 6.13. The molecule has 5 nitrogen and oxygen atoms in total. The number of carboxylic acid groups (broad SMARTS) is 1. The van der Waals surface area contributed by atoms with Crippen molar-refractivity contribution >= 4 is 17.3 Å². The van der Waals surface area contributed by atoms with Crippen LogP contribution in [0.4, 0.5) is 11.4 Å². The highest BCUT2D eigenvalue weighted by molar-refractivity contribution is 5.95. The Morgan fingerprint density at radius 3 is 2.95 bits per heavy atom. The Morgan fingerprint density at radius 2 is 2.30 bits per heavy atom. The molecule has 1 aliphatic heterocycles. The molecule has 0 aliphatic carbocycles. The Kier molecular flexibility index (Phi) is 4.49. The number of hydrogen-bond donors (Lipinski definition) is 3. The van der Waals surface area contributed by atoms with Crippen molar-refractivity contribution < 1.29 is 9.90 Å². The van der Waals surface area contributed by atoms with Gasteiger partial charge in [-0.1, -0.05) is 0 Å². The molecule has 1 fully saturated rings. The molecule has 0 saturated carbocycles. The van der Waals surface area contributed by atoms with E-state index in [0.717, 1.165) is 24.3 Å². The summed E-state index contributed by atoms with van der Waals surface area (Å²) in [5.41, 5.74) is 7.95. The summed E-state index contributed by atoms with van der Waals surface area (Å²) in [5, 5.41) is 12.5. The number of rotatable bonds is 4. The zero-order chi connectivity index (χ0) is 14.7. The minimum absolute atomic E-state index is 0.174. The standard InChI is InChI=1S/C15H23N3O2/c1-10-6-12(7-13(14(10)16)15(19)20)17-8-11-4-3-5-18(2)9-11/h6-7,11,17H,3-5,8-9,16H2,1-2H3,(H,19,20). The van der Waals surface area contributed by atoms with E-state index in [-0.39, 0.29) is 5.56 Å². The maximum Gasteiger partial charge on any atom is 0.337 e. The van der Waals surface area contributed by atoms with Gasteiger partial charge in [0, 0.05) is 24.5 Å². The van der Waals surface area contributed by atoms with Gasteiger partial charge in [-0.2, -0.15) is 0 Å². The van der Waals surface area contributed by atoms with Gasteiger partial charge in [-0.05, 0) is 57.0 Å². The molecule has 1 unspecified atom stereocenters. The molecule has 0 bridgehead atoms. The summed E-state index contributed by atoms with van der Waals surface area (Å²) in [6.45, 7) is 4.96. The molecule has 5 heteroatoms. The van der Waals surface area contributed by atoms with Crippen molar-refractivity contribution in [3.05, 3.63) is 23.3 Å². The summed E-state index contributed by atoms with van der Waals surface area (Å²) in [5.74, 6) is -0.369. The molecule has 2 rings (SSSR count). The number of anilines is 2. The molecule has 1 saturated heterocycles. The van der Waals surface area contributed by atoms with Crippen LogP contribution in [-0.2, 0) is 0 Å². The Balaban J connectivity index is 2.04. The van der Waals surface area contributed by atoms with Crippen LogP contribution in [0.5, 0.6) is 0 Å². The second-order valence-corrected chi connectivity index (χ2v) is 5.71. The van der Waals surface area contributed by atoms with Crippen LogP contribution in [0.25, 0.3) is 0 Å². The van der Waals surface area contributed by atoms with Crippen molar-refractivity contribution in [2.45, 2.75) is 19.8 Å². The van der Waals surface area contributed by atoms with E-state index in [1.807, 2.05) is 13.0 Å². The summed E-state index contributed by atoms with van der Waals surface area (Å²) < 4.78 is 0. The zero-order valence-corrected chi connectivity index (χ0v) is 12.1. The highest BCUT2D eigenvalue weighted by atomic mass is 16.4. The average Bonchev–Trinajstić information content (AvgIpc) is 2.39. The number of carboxylic acids is 1. The third-order valence-electron chi connectivity index (χ3n) is 3.93. The maximum absolute atomic E-state index is 11.2. The van der Waals surface area contributed by atoms with E-state index in [1.54, 1.807) is 6.07 Å². The lowest BCUT2D eigenvalue weighted by atomic mass is 9.98. The number of nitrogen functional groups attached to an aromatic ring is 1. The van der Waals surface area contributed by atoms with Gasteiger partial charge in [0.15, 0.2) is 0 Å². The Bertz CT molecular complexity index is 502. The lowest BCUT2D eigenvalue weighted by Gasteiger charge is -2.30. The molecule has 1 aromatic rings. The van der Waals surface area contributed by atoms with Crippen LogP contribution in [0.1, 0.15) is 28.8 Å². The van der Waals surface area contributed by atoms with Gasteiger partial charge in [0.1, 0.15) is 0 Å². The molecule has 20 heavy (non-hydrogen) atoms. The number of piperidine rings is 1. The minimum Gasteiger partial charge on any atom is -0.478 e. The van der Waals surface area contributed by atoms with Crippen molar-refractivity contribution in [2.75, 3.05) is 37.7 Å². The summed E-state index contributed by atoms with van der Waals surface area (Å²) in [6.07, 6.45) is 2.45. The Hall–Kier alpha value is -1.75. The van der Waals surface area contributed by atoms with Gasteiger partial charge < -0.3 is 21.1 Å². The number of nitrogens with two attached hydrogens (primary N) is 1. The number of aryl methyl sites for hydroxylation is 1. The highest BCUT2D eigenvalue weighted by Crippen LogP contribution is 2.24. The predicted octanol–water partition coefficient (Wildman–Crippen LogP) is 2.03. The SMILES string of the molecule is Cc1cc(NCC2CCCN(C)C2)cc(C(=O)O)c1N.